The second kappa shape index (κ2) is 4.48. The zero-order valence-electron chi connectivity index (χ0n) is 6.81. The van der Waals surface area contributed by atoms with Gasteiger partial charge < -0.3 is 5.73 Å². The van der Waals surface area contributed by atoms with Crippen LogP contribution in [0.2, 0.25) is 0 Å². The highest BCUT2D eigenvalue weighted by Crippen LogP contribution is 2.19. The number of hydrogen-bond acceptors (Lipinski definition) is 3. The minimum Gasteiger partial charge on any atom is -0.399 e. The molecule has 0 aromatic heterocycles. The van der Waals surface area contributed by atoms with Crippen LogP contribution in [0.5, 0.6) is 0 Å². The fraction of sp³-hybridized carbons (Fsp3) is 0.250. The lowest BCUT2D eigenvalue weighted by atomic mass is 10.1. The van der Waals surface area contributed by atoms with Gasteiger partial charge in [-0.3, -0.25) is 0 Å². The minimum atomic E-state index is -2.52. The first kappa shape index (κ1) is 10.3. The molecule has 0 bridgehead atoms. The Balaban J connectivity index is 2.99. The van der Waals surface area contributed by atoms with E-state index in [1.54, 1.807) is 24.3 Å². The van der Waals surface area contributed by atoms with E-state index in [0.717, 1.165) is 0 Å². The summed E-state index contributed by atoms with van der Waals surface area (Å²) in [5.74, 6) is 0.0720. The third-order valence-corrected chi connectivity index (χ3v) is 3.24. The van der Waals surface area contributed by atoms with Crippen molar-refractivity contribution in [3.63, 3.8) is 0 Å². The van der Waals surface area contributed by atoms with E-state index >= 15 is 0 Å². The summed E-state index contributed by atoms with van der Waals surface area (Å²) in [7, 11) is -2.52. The Hall–Kier alpha value is -0.740. The average Bonchev–Trinajstić information content (AvgIpc) is 2.09. The van der Waals surface area contributed by atoms with E-state index in [4.69, 9.17) is 17.3 Å². The summed E-state index contributed by atoms with van der Waals surface area (Å²) >= 11 is 5.52. The maximum absolute atomic E-state index is 10.7. The highest BCUT2D eigenvalue weighted by molar-refractivity contribution is 7.72. The van der Waals surface area contributed by atoms with E-state index < -0.39 is 16.0 Å². The lowest BCUT2D eigenvalue weighted by molar-refractivity contribution is 0.606. The van der Waals surface area contributed by atoms with Crippen LogP contribution < -0.4 is 5.73 Å². The summed E-state index contributed by atoms with van der Waals surface area (Å²) in [4.78, 5) is 0. The van der Waals surface area contributed by atoms with Gasteiger partial charge in [-0.05, 0) is 17.7 Å². The van der Waals surface area contributed by atoms with Crippen LogP contribution in [0, 0.1) is 0 Å². The van der Waals surface area contributed by atoms with Crippen LogP contribution in [0.25, 0.3) is 0 Å². The Kier molecular flexibility index (Phi) is 3.57. The predicted octanol–water partition coefficient (Wildman–Crippen LogP) is 1.16. The van der Waals surface area contributed by atoms with Crippen molar-refractivity contribution in [2.45, 2.75) is 5.25 Å². The van der Waals surface area contributed by atoms with E-state index in [1.165, 1.54) is 0 Å². The summed E-state index contributed by atoms with van der Waals surface area (Å²) in [6.07, 6.45) is 0. The SMILES string of the molecule is Nc1ccc(C(CCl)[SH](=O)=O)cc1. The van der Waals surface area contributed by atoms with Crippen molar-refractivity contribution in [3.05, 3.63) is 29.8 Å². The molecular weight excluding hydrogens is 210 g/mol. The molecule has 0 radical (unpaired) electrons. The number of hydrogen-bond donors (Lipinski definition) is 2. The van der Waals surface area contributed by atoms with Crippen molar-refractivity contribution in [3.8, 4) is 0 Å². The third-order valence-electron chi connectivity index (χ3n) is 1.72. The predicted molar refractivity (Wildman–Crippen MR) is 54.6 cm³/mol. The molecule has 0 aliphatic heterocycles. The summed E-state index contributed by atoms with van der Waals surface area (Å²) in [6, 6.07) is 6.67. The molecule has 1 unspecified atom stereocenters. The molecule has 1 rings (SSSR count). The van der Waals surface area contributed by atoms with Crippen LogP contribution in [-0.2, 0) is 10.7 Å². The molecule has 3 nitrogen and oxygen atoms in total. The third kappa shape index (κ3) is 2.60. The van der Waals surface area contributed by atoms with Crippen molar-refractivity contribution in [2.24, 2.45) is 0 Å². The Labute approximate surface area is 83.5 Å². The molecule has 0 heterocycles. The van der Waals surface area contributed by atoms with Crippen molar-refractivity contribution >= 4 is 28.0 Å². The van der Waals surface area contributed by atoms with E-state index in [-0.39, 0.29) is 5.88 Å². The minimum absolute atomic E-state index is 0.0720. The zero-order valence-corrected chi connectivity index (χ0v) is 8.46. The largest absolute Gasteiger partial charge is 0.399 e. The summed E-state index contributed by atoms with van der Waals surface area (Å²) in [5, 5.41) is -0.614. The highest BCUT2D eigenvalue weighted by Gasteiger charge is 2.12. The topological polar surface area (TPSA) is 60.2 Å². The number of alkyl halides is 1. The van der Waals surface area contributed by atoms with Crippen molar-refractivity contribution < 1.29 is 8.42 Å². The molecule has 1 aromatic carbocycles. The highest BCUT2D eigenvalue weighted by atomic mass is 35.5. The molecule has 13 heavy (non-hydrogen) atoms. The van der Waals surface area contributed by atoms with E-state index in [9.17, 15) is 8.42 Å². The van der Waals surface area contributed by atoms with Crippen LogP contribution >= 0.6 is 11.6 Å². The van der Waals surface area contributed by atoms with E-state index in [1.807, 2.05) is 0 Å². The van der Waals surface area contributed by atoms with Gasteiger partial charge in [-0.15, -0.1) is 11.6 Å². The molecule has 5 heteroatoms. The Morgan fingerprint density at radius 3 is 2.23 bits per heavy atom. The number of rotatable bonds is 3. The molecule has 0 saturated heterocycles. The molecule has 0 spiro atoms. The fourth-order valence-corrected chi connectivity index (χ4v) is 2.03. The lowest BCUT2D eigenvalue weighted by Gasteiger charge is -2.06. The van der Waals surface area contributed by atoms with Gasteiger partial charge >= 0.3 is 0 Å². The molecular formula is C8H10ClNO2S. The van der Waals surface area contributed by atoms with Crippen LogP contribution in [0.15, 0.2) is 24.3 Å². The van der Waals surface area contributed by atoms with Gasteiger partial charge in [0.2, 0.25) is 0 Å². The molecule has 72 valence electrons. The molecule has 1 aromatic rings. The first-order chi connectivity index (χ1) is 6.15. The lowest BCUT2D eigenvalue weighted by Crippen LogP contribution is -2.02. The van der Waals surface area contributed by atoms with Gasteiger partial charge in [0.25, 0.3) is 0 Å². The second-order valence-electron chi connectivity index (χ2n) is 2.62. The molecule has 1 atom stereocenters. The Morgan fingerprint density at radius 1 is 1.31 bits per heavy atom. The van der Waals surface area contributed by atoms with Crippen LogP contribution in [-0.4, -0.2) is 14.3 Å². The maximum atomic E-state index is 10.7. The standard InChI is InChI=1S/C8H10ClNO2S/c9-5-8(13(11)12)6-1-3-7(10)4-2-6/h1-4,8,13H,5,10H2. The van der Waals surface area contributed by atoms with Crippen LogP contribution in [0.3, 0.4) is 0 Å². The number of halogens is 1. The fourth-order valence-electron chi connectivity index (χ4n) is 0.985. The normalized spacial score (nSPS) is 13.1. The molecule has 0 aliphatic rings. The van der Waals surface area contributed by atoms with Crippen molar-refractivity contribution in [1.29, 1.82) is 0 Å². The summed E-state index contributed by atoms with van der Waals surface area (Å²) in [6.45, 7) is 0. The quantitative estimate of drug-likeness (QED) is 0.456. The van der Waals surface area contributed by atoms with Gasteiger partial charge in [-0.2, -0.15) is 0 Å². The molecule has 0 fully saturated rings. The monoisotopic (exact) mass is 219 g/mol. The zero-order chi connectivity index (χ0) is 9.84. The molecule has 0 saturated carbocycles. The number of benzene rings is 1. The number of nitrogen functional groups attached to an aromatic ring is 1. The first-order valence-corrected chi connectivity index (χ1v) is 5.48. The van der Waals surface area contributed by atoms with E-state index in [2.05, 4.69) is 0 Å². The summed E-state index contributed by atoms with van der Waals surface area (Å²) < 4.78 is 21.5. The maximum Gasteiger partial charge on any atom is 0.148 e. The van der Waals surface area contributed by atoms with Gasteiger partial charge in [-0.25, -0.2) is 8.42 Å². The van der Waals surface area contributed by atoms with Crippen molar-refractivity contribution in [1.82, 2.24) is 0 Å². The van der Waals surface area contributed by atoms with Gasteiger partial charge in [0, 0.05) is 11.6 Å². The first-order valence-electron chi connectivity index (χ1n) is 3.70. The van der Waals surface area contributed by atoms with Gasteiger partial charge in [0.05, 0.1) is 5.25 Å². The number of thiol groups is 1. The average molecular weight is 220 g/mol. The van der Waals surface area contributed by atoms with Crippen LogP contribution in [0.4, 0.5) is 5.69 Å². The Morgan fingerprint density at radius 2 is 1.85 bits per heavy atom. The molecule has 0 amide bonds. The van der Waals surface area contributed by atoms with Gasteiger partial charge in [0.15, 0.2) is 0 Å². The van der Waals surface area contributed by atoms with Gasteiger partial charge in [-0.1, -0.05) is 12.1 Å². The van der Waals surface area contributed by atoms with Gasteiger partial charge in [0.1, 0.15) is 10.7 Å². The second-order valence-corrected chi connectivity index (χ2v) is 4.12. The number of nitrogens with two attached hydrogens (primary N) is 1. The van der Waals surface area contributed by atoms with Crippen LogP contribution in [0.1, 0.15) is 10.8 Å². The smallest absolute Gasteiger partial charge is 0.148 e. The summed E-state index contributed by atoms with van der Waals surface area (Å²) in [5.41, 5.74) is 6.75. The van der Waals surface area contributed by atoms with Crippen molar-refractivity contribution in [2.75, 3.05) is 11.6 Å². The number of anilines is 1. The Bertz CT molecular complexity index is 340. The molecule has 2 N–H and O–H groups in total. The van der Waals surface area contributed by atoms with E-state index in [0.29, 0.717) is 11.3 Å². The molecule has 0 aliphatic carbocycles.